The highest BCUT2D eigenvalue weighted by atomic mass is 19.2. The number of hydrogen-bond donors (Lipinski definition) is 4. The van der Waals surface area contributed by atoms with Crippen LogP contribution in [0.4, 0.5) is 8.78 Å². The molecule has 2 aromatic rings. The van der Waals surface area contributed by atoms with Crippen molar-refractivity contribution < 1.29 is 52.6 Å². The van der Waals surface area contributed by atoms with Crippen LogP contribution in [0.15, 0.2) is 42.5 Å². The quantitative estimate of drug-likeness (QED) is 0.0973. The number of hydrogen-bond acceptors (Lipinski definition) is 9. The first-order valence-electron chi connectivity index (χ1n) is 20.6. The average molecular weight is 807 g/mol. The lowest BCUT2D eigenvalue weighted by atomic mass is 9.86. The molecule has 0 saturated carbocycles. The van der Waals surface area contributed by atoms with Crippen LogP contribution in [0, 0.1) is 11.6 Å². The highest BCUT2D eigenvalue weighted by Gasteiger charge is 2.47. The second kappa shape index (κ2) is 24.1. The summed E-state index contributed by atoms with van der Waals surface area (Å²) in [7, 11) is 2.85. The predicted molar refractivity (Wildman–Crippen MR) is 215 cm³/mol. The van der Waals surface area contributed by atoms with Gasteiger partial charge >= 0.3 is 0 Å². The molecular weight excluding hydrogens is 738 g/mol. The molecule has 57 heavy (non-hydrogen) atoms. The van der Waals surface area contributed by atoms with Crippen molar-refractivity contribution in [3.05, 3.63) is 70.8 Å². The molecular formula is C44H68F2N2O9. The molecule has 0 aliphatic carbocycles. The number of amides is 2. The number of benzene rings is 2. The fourth-order valence-electron chi connectivity index (χ4n) is 7.16. The molecule has 2 aromatic carbocycles. The predicted octanol–water partition coefficient (Wildman–Crippen LogP) is 5.77. The number of likely N-dealkylation sites (N-methyl/N-ethyl adjacent to an activating group) is 1. The minimum Gasteiger partial charge on any atom is -0.391 e. The smallest absolute Gasteiger partial charge is 0.227 e. The standard InChI is InChI=1S/C44H68F2N2O9/c1-8-48(38(51)26-31-19-22-32(23-20-31)44(3,4)5)27-36-41(54-6)40(53)42(55-7)43(57-36)56-28-35(39(52)29(2)49)47-37(50)18-16-14-12-10-9-11-13-15-17-30-21-24-33(45)34(46)25-30/h19-25,29,35-36,39-43,49,52-53H,8-18,26-28H2,1-7H3,(H,47,50). The number of carbonyl (C=O) groups is 2. The topological polar surface area (TPSA) is 147 Å². The third-order valence-corrected chi connectivity index (χ3v) is 10.8. The summed E-state index contributed by atoms with van der Waals surface area (Å²) >= 11 is 0. The van der Waals surface area contributed by atoms with Gasteiger partial charge < -0.3 is 44.5 Å². The summed E-state index contributed by atoms with van der Waals surface area (Å²) in [6.07, 6.45) is 1.16. The Hall–Kier alpha value is -3.04. The fourth-order valence-corrected chi connectivity index (χ4v) is 7.16. The molecule has 2 amide bonds. The molecule has 0 spiro atoms. The number of unbranched alkanes of at least 4 members (excludes halogenated alkanes) is 7. The minimum atomic E-state index is -1.35. The Kier molecular flexibility index (Phi) is 20.5. The first-order valence-corrected chi connectivity index (χ1v) is 20.6. The molecule has 1 heterocycles. The molecule has 0 aromatic heterocycles. The Morgan fingerprint density at radius 3 is 2.04 bits per heavy atom. The lowest BCUT2D eigenvalue weighted by molar-refractivity contribution is -0.308. The van der Waals surface area contributed by atoms with E-state index in [9.17, 15) is 33.7 Å². The first-order chi connectivity index (χ1) is 27.1. The van der Waals surface area contributed by atoms with E-state index in [2.05, 4.69) is 26.1 Å². The van der Waals surface area contributed by atoms with Crippen molar-refractivity contribution in [3.8, 4) is 0 Å². The summed E-state index contributed by atoms with van der Waals surface area (Å²) in [6, 6.07) is 11.1. The maximum atomic E-state index is 13.5. The highest BCUT2D eigenvalue weighted by Crippen LogP contribution is 2.28. The van der Waals surface area contributed by atoms with Crippen LogP contribution >= 0.6 is 0 Å². The van der Waals surface area contributed by atoms with Gasteiger partial charge in [-0.1, -0.05) is 89.6 Å². The summed E-state index contributed by atoms with van der Waals surface area (Å²) in [6.45, 7) is 9.94. The largest absolute Gasteiger partial charge is 0.391 e. The van der Waals surface area contributed by atoms with Crippen LogP contribution < -0.4 is 5.32 Å². The highest BCUT2D eigenvalue weighted by molar-refractivity contribution is 5.79. The zero-order valence-electron chi connectivity index (χ0n) is 35.1. The zero-order chi connectivity index (χ0) is 42.1. The van der Waals surface area contributed by atoms with Crippen LogP contribution in [0.1, 0.15) is 109 Å². The molecule has 322 valence electrons. The van der Waals surface area contributed by atoms with Gasteiger partial charge in [-0.3, -0.25) is 9.59 Å². The van der Waals surface area contributed by atoms with Crippen molar-refractivity contribution in [2.45, 2.75) is 160 Å². The molecule has 8 atom stereocenters. The minimum absolute atomic E-state index is 0.00509. The molecule has 1 fully saturated rings. The van der Waals surface area contributed by atoms with Crippen molar-refractivity contribution in [2.75, 3.05) is 33.9 Å². The molecule has 0 radical (unpaired) electrons. The molecule has 11 nitrogen and oxygen atoms in total. The number of aliphatic hydroxyl groups excluding tert-OH is 3. The van der Waals surface area contributed by atoms with Gasteiger partial charge in [-0.15, -0.1) is 0 Å². The van der Waals surface area contributed by atoms with Crippen molar-refractivity contribution in [1.29, 1.82) is 0 Å². The molecule has 4 N–H and O–H groups in total. The second-order valence-electron chi connectivity index (χ2n) is 16.3. The SMILES string of the molecule is CCN(CC1OC(OCC(NC(=O)CCCCCCCCCCc2ccc(F)c(F)c2)C(O)C(C)O)C(OC)C(O)C1OC)C(=O)Cc1ccc(C(C)(C)C)cc1. The Morgan fingerprint density at radius 1 is 0.877 bits per heavy atom. The Labute approximate surface area is 338 Å². The summed E-state index contributed by atoms with van der Waals surface area (Å²) in [5, 5.41) is 35.1. The molecule has 1 saturated heterocycles. The number of halogens is 2. The zero-order valence-corrected chi connectivity index (χ0v) is 35.1. The average Bonchev–Trinajstić information content (AvgIpc) is 3.16. The molecule has 1 aliphatic rings. The van der Waals surface area contributed by atoms with Gasteiger partial charge in [-0.25, -0.2) is 8.78 Å². The summed E-state index contributed by atoms with van der Waals surface area (Å²) in [5.41, 5.74) is 2.85. The van der Waals surface area contributed by atoms with Crippen molar-refractivity contribution in [1.82, 2.24) is 10.2 Å². The molecule has 13 heteroatoms. The Morgan fingerprint density at radius 2 is 1.47 bits per heavy atom. The maximum absolute atomic E-state index is 13.5. The third-order valence-electron chi connectivity index (χ3n) is 10.8. The second-order valence-corrected chi connectivity index (χ2v) is 16.3. The van der Waals surface area contributed by atoms with Crippen LogP contribution in [0.2, 0.25) is 0 Å². The summed E-state index contributed by atoms with van der Waals surface area (Å²) in [5.74, 6) is -2.05. The van der Waals surface area contributed by atoms with Gasteiger partial charge in [-0.2, -0.15) is 0 Å². The lowest BCUT2D eigenvalue weighted by Crippen LogP contribution is -2.62. The van der Waals surface area contributed by atoms with E-state index in [4.69, 9.17) is 18.9 Å². The summed E-state index contributed by atoms with van der Waals surface area (Å²) in [4.78, 5) is 28.1. The molecule has 3 rings (SSSR count). The van der Waals surface area contributed by atoms with Crippen molar-refractivity contribution in [3.63, 3.8) is 0 Å². The maximum Gasteiger partial charge on any atom is 0.227 e. The van der Waals surface area contributed by atoms with E-state index in [0.29, 0.717) is 19.4 Å². The van der Waals surface area contributed by atoms with Gasteiger partial charge in [-0.05, 0) is 67.3 Å². The number of aliphatic hydroxyl groups is 3. The van der Waals surface area contributed by atoms with Crippen LogP contribution in [-0.4, -0.2) is 115 Å². The van der Waals surface area contributed by atoms with Gasteiger partial charge in [0.25, 0.3) is 0 Å². The third kappa shape index (κ3) is 15.6. The van der Waals surface area contributed by atoms with E-state index >= 15 is 0 Å². The van der Waals surface area contributed by atoms with Crippen molar-refractivity contribution >= 4 is 11.8 Å². The van der Waals surface area contributed by atoms with Gasteiger partial charge in [0.1, 0.15) is 30.5 Å². The molecule has 8 unspecified atom stereocenters. The van der Waals surface area contributed by atoms with Gasteiger partial charge in [0.05, 0.1) is 25.2 Å². The Bertz CT molecular complexity index is 1490. The normalized spacial score (nSPS) is 21.5. The number of nitrogens with zero attached hydrogens (tertiary/aromatic N) is 1. The van der Waals surface area contributed by atoms with E-state index in [1.807, 2.05) is 31.2 Å². The number of methoxy groups -OCH3 is 2. The molecule has 1 aliphatic heterocycles. The van der Waals surface area contributed by atoms with Crippen LogP contribution in [0.3, 0.4) is 0 Å². The van der Waals surface area contributed by atoms with Gasteiger partial charge in [0.15, 0.2) is 17.9 Å². The molecule has 0 bridgehead atoms. The van der Waals surface area contributed by atoms with E-state index in [-0.39, 0.29) is 43.2 Å². The van der Waals surface area contributed by atoms with Crippen LogP contribution in [0.25, 0.3) is 0 Å². The van der Waals surface area contributed by atoms with E-state index in [1.165, 1.54) is 38.8 Å². The van der Waals surface area contributed by atoms with E-state index in [0.717, 1.165) is 56.1 Å². The summed E-state index contributed by atoms with van der Waals surface area (Å²) < 4.78 is 50.1. The number of aryl methyl sites for hydroxylation is 1. The first kappa shape index (κ1) is 48.3. The van der Waals surface area contributed by atoms with Crippen molar-refractivity contribution in [2.24, 2.45) is 0 Å². The van der Waals surface area contributed by atoms with E-state index in [1.54, 1.807) is 11.0 Å². The number of nitrogens with one attached hydrogen (secondary N) is 1. The Balaban J connectivity index is 1.49. The van der Waals surface area contributed by atoms with Gasteiger partial charge in [0, 0.05) is 33.7 Å². The van der Waals surface area contributed by atoms with Crippen LogP contribution in [-0.2, 0) is 46.8 Å². The number of rotatable bonds is 24. The number of ether oxygens (including phenoxy) is 4. The monoisotopic (exact) mass is 806 g/mol. The number of carbonyl (C=O) groups excluding carboxylic acids is 2. The van der Waals surface area contributed by atoms with Gasteiger partial charge in [0.2, 0.25) is 11.8 Å². The fraction of sp³-hybridized carbons (Fsp3) is 0.682. The van der Waals surface area contributed by atoms with Crippen LogP contribution in [0.5, 0.6) is 0 Å². The van der Waals surface area contributed by atoms with E-state index < -0.39 is 60.6 Å². The lowest BCUT2D eigenvalue weighted by Gasteiger charge is -2.44.